The molecule has 1 aromatic rings. The molecule has 0 aromatic heterocycles. The van der Waals surface area contributed by atoms with Crippen LogP contribution in [0.5, 0.6) is 5.75 Å². The summed E-state index contributed by atoms with van der Waals surface area (Å²) in [7, 11) is -6.50. The number of rotatable bonds is 12. The van der Waals surface area contributed by atoms with Crippen LogP contribution in [0.15, 0.2) is 30.3 Å². The molecular weight excluding hydrogens is 605 g/mol. The number of halogens is 7. The van der Waals surface area contributed by atoms with Crippen molar-refractivity contribution in [2.45, 2.75) is 80.9 Å². The number of benzene rings is 1. The monoisotopic (exact) mass is 634 g/mol. The Hall–Kier alpha value is -2.46. The molecule has 5 rings (SSSR count). The van der Waals surface area contributed by atoms with Crippen LogP contribution >= 0.6 is 0 Å². The van der Waals surface area contributed by atoms with Crippen molar-refractivity contribution < 1.29 is 67.5 Å². The van der Waals surface area contributed by atoms with Crippen LogP contribution in [0.4, 0.5) is 30.7 Å². The maximum atomic E-state index is 14.6. The topological polar surface area (TPSA) is 116 Å². The van der Waals surface area contributed by atoms with Crippen molar-refractivity contribution in [2.24, 2.45) is 23.2 Å². The minimum absolute atomic E-state index is 0.115. The predicted molar refractivity (Wildman–Crippen MR) is 129 cm³/mol. The van der Waals surface area contributed by atoms with E-state index < -0.39 is 76.5 Å². The summed E-state index contributed by atoms with van der Waals surface area (Å²) < 4.78 is 143. The van der Waals surface area contributed by atoms with Gasteiger partial charge >= 0.3 is 45.2 Å². The molecule has 16 heteroatoms. The van der Waals surface area contributed by atoms with Gasteiger partial charge in [0, 0.05) is 6.42 Å². The number of hydrogen-bond acceptors (Lipinski definition) is 7. The zero-order valence-electron chi connectivity index (χ0n) is 22.0. The van der Waals surface area contributed by atoms with Crippen molar-refractivity contribution in [1.29, 1.82) is 0 Å². The fourth-order valence-corrected chi connectivity index (χ4v) is 7.13. The number of hydrogen-bond donors (Lipinski definition) is 1. The summed E-state index contributed by atoms with van der Waals surface area (Å²) in [5.41, 5.74) is -1.27. The Kier molecular flexibility index (Phi) is 8.68. The lowest BCUT2D eigenvalue weighted by atomic mass is 9.49. The second-order valence-corrected chi connectivity index (χ2v) is 12.9. The third-order valence-corrected chi connectivity index (χ3v) is 9.19. The number of carbonyl (C=O) groups excluding carboxylic acids is 2. The van der Waals surface area contributed by atoms with Gasteiger partial charge in [-0.05, 0) is 81.3 Å². The van der Waals surface area contributed by atoms with Gasteiger partial charge in [0.25, 0.3) is 0 Å². The van der Waals surface area contributed by atoms with Crippen LogP contribution in [0.3, 0.4) is 0 Å². The van der Waals surface area contributed by atoms with Crippen LogP contribution < -0.4 is 4.74 Å². The van der Waals surface area contributed by atoms with Crippen LogP contribution in [-0.2, 0) is 29.2 Å². The van der Waals surface area contributed by atoms with E-state index in [1.165, 1.54) is 18.2 Å². The lowest BCUT2D eigenvalue weighted by Crippen LogP contribution is -2.62. The Morgan fingerprint density at radius 2 is 1.40 bits per heavy atom. The van der Waals surface area contributed by atoms with Gasteiger partial charge in [-0.15, -0.1) is 0 Å². The molecule has 4 bridgehead atoms. The van der Waals surface area contributed by atoms with Gasteiger partial charge in [-0.25, -0.2) is 4.79 Å². The first-order valence-electron chi connectivity index (χ1n) is 13.3. The fraction of sp³-hybridized carbons (Fsp3) is 0.692. The minimum Gasteiger partial charge on any atom is -0.421 e. The quantitative estimate of drug-likeness (QED) is 0.0754. The molecule has 4 aliphatic carbocycles. The SMILES string of the molecule is O=C(OC(OCCCCC(F)(F)C(F)(F)S(=O)(=O)O)(C(=O)Oc1ccccc1)C(F)(F)F)C12CC3CC(CC(C3)C1)C2. The van der Waals surface area contributed by atoms with E-state index in [1.807, 2.05) is 0 Å². The zero-order valence-corrected chi connectivity index (χ0v) is 22.9. The highest BCUT2D eigenvalue weighted by Gasteiger charge is 2.70. The molecule has 0 radical (unpaired) electrons. The Bertz CT molecular complexity index is 1230. The Balaban J connectivity index is 1.54. The van der Waals surface area contributed by atoms with E-state index in [0.717, 1.165) is 31.4 Å². The number of carbonyl (C=O) groups is 2. The summed E-state index contributed by atoms with van der Waals surface area (Å²) in [6.07, 6.45) is -6.11. The standard InChI is InChI=1S/C26H29F7O8S/c27-23(28,26(32,33)42(36,37)38)8-4-5-9-39-24(25(29,30)31,21(35)40-19-6-2-1-3-7-19)41-20(34)22-13-16-10-17(14-22)12-18(11-16)15-22/h1-3,6-7,16-18H,4-5,8-15H2,(H,36,37,38). The molecule has 1 N–H and O–H groups in total. The van der Waals surface area contributed by atoms with Crippen molar-refractivity contribution >= 4 is 22.1 Å². The highest BCUT2D eigenvalue weighted by Crippen LogP contribution is 2.61. The van der Waals surface area contributed by atoms with Crippen molar-refractivity contribution in [3.63, 3.8) is 0 Å². The second kappa shape index (κ2) is 11.2. The Labute approximate surface area is 236 Å². The molecule has 42 heavy (non-hydrogen) atoms. The molecule has 0 amide bonds. The third-order valence-electron chi connectivity index (χ3n) is 8.24. The number of unbranched alkanes of at least 4 members (excludes halogenated alkanes) is 1. The van der Waals surface area contributed by atoms with E-state index in [1.54, 1.807) is 0 Å². The summed E-state index contributed by atoms with van der Waals surface area (Å²) in [5, 5.41) is -5.86. The molecule has 0 spiro atoms. The van der Waals surface area contributed by atoms with Crippen LogP contribution in [-0.4, -0.2) is 54.7 Å². The third kappa shape index (κ3) is 6.11. The van der Waals surface area contributed by atoms with Crippen LogP contribution in [0.25, 0.3) is 0 Å². The Morgan fingerprint density at radius 1 is 0.881 bits per heavy atom. The van der Waals surface area contributed by atoms with Gasteiger partial charge in [-0.2, -0.15) is 39.2 Å². The molecule has 4 saturated carbocycles. The molecule has 1 aromatic carbocycles. The predicted octanol–water partition coefficient (Wildman–Crippen LogP) is 5.91. The number of alkyl halides is 7. The van der Waals surface area contributed by atoms with E-state index in [4.69, 9.17) is 18.8 Å². The largest absolute Gasteiger partial charge is 0.468 e. The number of para-hydroxylation sites is 1. The van der Waals surface area contributed by atoms with Gasteiger partial charge < -0.3 is 14.2 Å². The molecule has 0 aliphatic heterocycles. The van der Waals surface area contributed by atoms with Gasteiger partial charge in [0.1, 0.15) is 5.75 Å². The highest BCUT2D eigenvalue weighted by atomic mass is 32.2. The van der Waals surface area contributed by atoms with Gasteiger partial charge in [0.15, 0.2) is 0 Å². The van der Waals surface area contributed by atoms with Crippen molar-refractivity contribution in [1.82, 2.24) is 0 Å². The van der Waals surface area contributed by atoms with Crippen LogP contribution in [0.2, 0.25) is 0 Å². The maximum Gasteiger partial charge on any atom is 0.468 e. The zero-order chi connectivity index (χ0) is 31.2. The maximum absolute atomic E-state index is 14.6. The average molecular weight is 635 g/mol. The summed E-state index contributed by atoms with van der Waals surface area (Å²) in [4.78, 5) is 26.5. The number of ether oxygens (including phenoxy) is 3. The van der Waals surface area contributed by atoms with E-state index >= 15 is 0 Å². The minimum atomic E-state index is -6.50. The molecule has 1 unspecified atom stereocenters. The van der Waals surface area contributed by atoms with E-state index in [0.29, 0.717) is 0 Å². The molecular formula is C26H29F7O8S. The second-order valence-electron chi connectivity index (χ2n) is 11.4. The molecule has 236 valence electrons. The smallest absolute Gasteiger partial charge is 0.421 e. The normalized spacial score (nSPS) is 27.4. The van der Waals surface area contributed by atoms with Crippen LogP contribution in [0, 0.1) is 23.2 Å². The van der Waals surface area contributed by atoms with Gasteiger partial charge in [-0.1, -0.05) is 18.2 Å². The van der Waals surface area contributed by atoms with Gasteiger partial charge in [0.05, 0.1) is 12.0 Å². The van der Waals surface area contributed by atoms with Crippen molar-refractivity contribution in [3.05, 3.63) is 30.3 Å². The Morgan fingerprint density at radius 3 is 1.88 bits per heavy atom. The summed E-state index contributed by atoms with van der Waals surface area (Å²) in [6, 6.07) is 6.49. The molecule has 0 saturated heterocycles. The van der Waals surface area contributed by atoms with Crippen LogP contribution in [0.1, 0.15) is 57.8 Å². The lowest BCUT2D eigenvalue weighted by Gasteiger charge is -2.55. The van der Waals surface area contributed by atoms with Gasteiger partial charge in [-0.3, -0.25) is 9.35 Å². The first-order chi connectivity index (χ1) is 19.3. The first kappa shape index (κ1) is 32.5. The highest BCUT2D eigenvalue weighted by molar-refractivity contribution is 7.87. The first-order valence-corrected chi connectivity index (χ1v) is 14.7. The summed E-state index contributed by atoms with van der Waals surface area (Å²) >= 11 is 0. The van der Waals surface area contributed by atoms with Crippen molar-refractivity contribution in [2.75, 3.05) is 6.61 Å². The van der Waals surface area contributed by atoms with Crippen molar-refractivity contribution in [3.8, 4) is 5.75 Å². The molecule has 1 atom stereocenters. The van der Waals surface area contributed by atoms with E-state index in [-0.39, 0.29) is 42.8 Å². The molecule has 8 nitrogen and oxygen atoms in total. The van der Waals surface area contributed by atoms with E-state index in [2.05, 4.69) is 0 Å². The molecule has 0 heterocycles. The lowest BCUT2D eigenvalue weighted by molar-refractivity contribution is -0.356. The molecule has 4 aliphatic rings. The summed E-state index contributed by atoms with van der Waals surface area (Å²) in [5.74, 6) is -13.1. The fourth-order valence-electron chi connectivity index (χ4n) is 6.65. The van der Waals surface area contributed by atoms with Gasteiger partial charge in [0.2, 0.25) is 0 Å². The van der Waals surface area contributed by atoms with E-state index in [9.17, 15) is 48.7 Å². The average Bonchev–Trinajstić information content (AvgIpc) is 2.86. The number of esters is 2. The summed E-state index contributed by atoms with van der Waals surface area (Å²) in [6.45, 7) is -1.20. The molecule has 4 fully saturated rings.